The monoisotopic (exact) mass is 506 g/mol. The maximum absolute atomic E-state index is 13.0. The Morgan fingerprint density at radius 1 is 1.11 bits per heavy atom. The van der Waals surface area contributed by atoms with Crippen LogP contribution in [-0.4, -0.2) is 22.4 Å². The number of hydrogen-bond acceptors (Lipinski definition) is 4. The summed E-state index contributed by atoms with van der Waals surface area (Å²) in [4.78, 5) is 48.5. The Bertz CT molecular complexity index is 1400. The molecule has 2 heterocycles. The van der Waals surface area contributed by atoms with Gasteiger partial charge in [0.05, 0.1) is 10.6 Å². The van der Waals surface area contributed by atoms with Gasteiger partial charge in [0.1, 0.15) is 6.04 Å². The number of benzene rings is 2. The van der Waals surface area contributed by atoms with E-state index in [9.17, 15) is 32.3 Å². The van der Waals surface area contributed by atoms with Gasteiger partial charge in [0, 0.05) is 30.2 Å². The first-order valence-corrected chi connectivity index (χ1v) is 10.8. The number of aromatic nitrogens is 1. The Balaban J connectivity index is 1.45. The summed E-state index contributed by atoms with van der Waals surface area (Å²) < 4.78 is 40.3. The lowest BCUT2D eigenvalue weighted by molar-refractivity contribution is -0.138. The van der Waals surface area contributed by atoms with E-state index in [1.807, 2.05) is 0 Å². The zero-order valence-corrected chi connectivity index (χ0v) is 18.7. The zero-order valence-electron chi connectivity index (χ0n) is 17.9. The molecule has 3 N–H and O–H groups in total. The highest BCUT2D eigenvalue weighted by Crippen LogP contribution is 2.36. The van der Waals surface area contributed by atoms with E-state index in [1.54, 1.807) is 24.3 Å². The molecule has 1 atom stereocenters. The fourth-order valence-corrected chi connectivity index (χ4v) is 4.02. The lowest BCUT2D eigenvalue weighted by Gasteiger charge is -2.23. The van der Waals surface area contributed by atoms with E-state index in [1.165, 1.54) is 16.8 Å². The SMILES string of the molecule is O=C1CCC(n2ccc3cc(CNC(=O)Nc4ccc(Cl)c(C(F)(F)F)c4)ccc3c2=O)C(=O)N1. The maximum Gasteiger partial charge on any atom is 0.417 e. The molecule has 2 aromatic carbocycles. The number of amides is 4. The van der Waals surface area contributed by atoms with Crippen molar-refractivity contribution >= 4 is 45.9 Å². The molecule has 0 radical (unpaired) electrons. The second-order valence-corrected chi connectivity index (χ2v) is 8.32. The minimum absolute atomic E-state index is 0.0394. The number of carbonyl (C=O) groups is 3. The molecule has 4 rings (SSSR count). The van der Waals surface area contributed by atoms with Gasteiger partial charge in [-0.3, -0.25) is 19.7 Å². The van der Waals surface area contributed by atoms with E-state index in [0.29, 0.717) is 16.3 Å². The molecule has 12 heteroatoms. The first kappa shape index (κ1) is 24.3. The number of anilines is 1. The molecular formula is C23H18ClF3N4O4. The summed E-state index contributed by atoms with van der Waals surface area (Å²) >= 11 is 5.58. The minimum Gasteiger partial charge on any atom is -0.334 e. The molecule has 0 saturated carbocycles. The van der Waals surface area contributed by atoms with Crippen molar-refractivity contribution in [3.63, 3.8) is 0 Å². The largest absolute Gasteiger partial charge is 0.417 e. The Kier molecular flexibility index (Phi) is 6.53. The van der Waals surface area contributed by atoms with Crippen LogP contribution in [0.2, 0.25) is 5.02 Å². The zero-order chi connectivity index (χ0) is 25.3. The van der Waals surface area contributed by atoms with Gasteiger partial charge in [-0.15, -0.1) is 0 Å². The van der Waals surface area contributed by atoms with Crippen molar-refractivity contribution in [3.05, 3.63) is 75.2 Å². The van der Waals surface area contributed by atoms with E-state index in [-0.39, 0.29) is 31.0 Å². The van der Waals surface area contributed by atoms with Crippen molar-refractivity contribution < 1.29 is 27.6 Å². The predicted molar refractivity (Wildman–Crippen MR) is 122 cm³/mol. The van der Waals surface area contributed by atoms with Gasteiger partial charge in [0.15, 0.2) is 0 Å². The van der Waals surface area contributed by atoms with Crippen LogP contribution in [0.1, 0.15) is 30.0 Å². The predicted octanol–water partition coefficient (Wildman–Crippen LogP) is 3.97. The molecule has 1 fully saturated rings. The van der Waals surface area contributed by atoms with E-state index in [4.69, 9.17) is 11.6 Å². The molecule has 1 aliphatic rings. The summed E-state index contributed by atoms with van der Waals surface area (Å²) in [6.07, 6.45) is -2.81. The van der Waals surface area contributed by atoms with Crippen LogP contribution >= 0.6 is 11.6 Å². The molecule has 0 bridgehead atoms. The van der Waals surface area contributed by atoms with Crippen LogP contribution in [0.15, 0.2) is 53.5 Å². The number of fused-ring (bicyclic) bond motifs is 1. The molecule has 35 heavy (non-hydrogen) atoms. The second-order valence-electron chi connectivity index (χ2n) is 7.92. The first-order chi connectivity index (χ1) is 16.5. The smallest absolute Gasteiger partial charge is 0.334 e. The van der Waals surface area contributed by atoms with E-state index in [2.05, 4.69) is 16.0 Å². The van der Waals surface area contributed by atoms with Crippen molar-refractivity contribution in [1.29, 1.82) is 0 Å². The van der Waals surface area contributed by atoms with Gasteiger partial charge in [-0.05, 0) is 53.8 Å². The number of hydrogen-bond donors (Lipinski definition) is 3. The summed E-state index contributed by atoms with van der Waals surface area (Å²) in [5, 5.41) is 7.54. The molecule has 4 amide bonds. The fraction of sp³-hybridized carbons (Fsp3) is 0.217. The van der Waals surface area contributed by atoms with Crippen LogP contribution in [0.5, 0.6) is 0 Å². The lowest BCUT2D eigenvalue weighted by atomic mass is 10.0. The van der Waals surface area contributed by atoms with Gasteiger partial charge in [-0.1, -0.05) is 17.7 Å². The van der Waals surface area contributed by atoms with E-state index in [0.717, 1.165) is 12.1 Å². The number of rotatable bonds is 4. The highest BCUT2D eigenvalue weighted by atomic mass is 35.5. The molecule has 3 aromatic rings. The number of imide groups is 1. The van der Waals surface area contributed by atoms with Crippen LogP contribution in [0.25, 0.3) is 10.8 Å². The Morgan fingerprint density at radius 3 is 2.60 bits per heavy atom. The van der Waals surface area contributed by atoms with Crippen LogP contribution in [0.3, 0.4) is 0 Å². The number of halogens is 4. The van der Waals surface area contributed by atoms with Gasteiger partial charge in [-0.2, -0.15) is 13.2 Å². The third kappa shape index (κ3) is 5.29. The lowest BCUT2D eigenvalue weighted by Crippen LogP contribution is -2.44. The van der Waals surface area contributed by atoms with E-state index >= 15 is 0 Å². The third-order valence-corrected chi connectivity index (χ3v) is 5.85. The number of alkyl halides is 3. The standard InChI is InChI=1S/C23H18ClF3N4O4/c24-17-4-2-14(10-16(17)23(25,26)27)29-22(35)28-11-12-1-3-15-13(9-12)7-8-31(21(15)34)18-5-6-19(32)30-20(18)33/h1-4,7-10,18H,5-6,11H2,(H2,28,29,35)(H,30,32,33). The van der Waals surface area contributed by atoms with Crippen molar-refractivity contribution in [2.45, 2.75) is 31.6 Å². The van der Waals surface area contributed by atoms with Gasteiger partial charge in [-0.25, -0.2) is 4.79 Å². The minimum atomic E-state index is -4.66. The van der Waals surface area contributed by atoms with Gasteiger partial charge in [0.2, 0.25) is 11.8 Å². The third-order valence-electron chi connectivity index (χ3n) is 5.52. The van der Waals surface area contributed by atoms with E-state index < -0.39 is 40.3 Å². The number of carbonyl (C=O) groups excluding carboxylic acids is 3. The van der Waals surface area contributed by atoms with Crippen molar-refractivity contribution in [2.75, 3.05) is 5.32 Å². The number of nitrogens with zero attached hydrogens (tertiary/aromatic N) is 1. The summed E-state index contributed by atoms with van der Waals surface area (Å²) in [5.74, 6) is -0.907. The molecule has 1 aliphatic heterocycles. The van der Waals surface area contributed by atoms with Crippen LogP contribution in [0, 0.1) is 0 Å². The molecule has 8 nitrogen and oxygen atoms in total. The van der Waals surface area contributed by atoms with Crippen molar-refractivity contribution in [2.24, 2.45) is 0 Å². The van der Waals surface area contributed by atoms with Gasteiger partial charge in [0.25, 0.3) is 5.56 Å². The maximum atomic E-state index is 13.0. The average Bonchev–Trinajstić information content (AvgIpc) is 2.79. The quantitative estimate of drug-likeness (QED) is 0.465. The Hall–Kier alpha value is -3.86. The number of urea groups is 1. The molecule has 1 saturated heterocycles. The topological polar surface area (TPSA) is 109 Å². The molecule has 0 aliphatic carbocycles. The normalized spacial score (nSPS) is 16.2. The molecular weight excluding hydrogens is 489 g/mol. The Morgan fingerprint density at radius 2 is 1.89 bits per heavy atom. The molecule has 1 unspecified atom stereocenters. The number of pyridine rings is 1. The van der Waals surface area contributed by atoms with Gasteiger partial charge >= 0.3 is 12.2 Å². The number of nitrogens with one attached hydrogen (secondary N) is 3. The Labute approximate surface area is 201 Å². The summed E-state index contributed by atoms with van der Waals surface area (Å²) in [7, 11) is 0. The highest BCUT2D eigenvalue weighted by Gasteiger charge is 2.33. The average molecular weight is 507 g/mol. The van der Waals surface area contributed by atoms with Crippen molar-refractivity contribution in [1.82, 2.24) is 15.2 Å². The van der Waals surface area contributed by atoms with Crippen LogP contribution < -0.4 is 21.5 Å². The number of piperidine rings is 1. The van der Waals surface area contributed by atoms with Crippen molar-refractivity contribution in [3.8, 4) is 0 Å². The highest BCUT2D eigenvalue weighted by molar-refractivity contribution is 6.31. The molecule has 182 valence electrons. The molecule has 0 spiro atoms. The summed E-state index contributed by atoms with van der Waals surface area (Å²) in [5.41, 5.74) is -0.892. The summed E-state index contributed by atoms with van der Waals surface area (Å²) in [6, 6.07) is 8.03. The second kappa shape index (κ2) is 9.41. The van der Waals surface area contributed by atoms with Crippen LogP contribution in [-0.2, 0) is 22.3 Å². The van der Waals surface area contributed by atoms with Crippen LogP contribution in [0.4, 0.5) is 23.7 Å². The fourth-order valence-electron chi connectivity index (χ4n) is 3.79. The molecule has 1 aromatic heterocycles. The summed E-state index contributed by atoms with van der Waals surface area (Å²) in [6.45, 7) is 0.0394. The van der Waals surface area contributed by atoms with Gasteiger partial charge < -0.3 is 15.2 Å². The first-order valence-electron chi connectivity index (χ1n) is 10.4.